The van der Waals surface area contributed by atoms with Gasteiger partial charge in [-0.2, -0.15) is 0 Å². The molecule has 1 aromatic heterocycles. The Morgan fingerprint density at radius 1 is 1.45 bits per heavy atom. The first-order valence-corrected chi connectivity index (χ1v) is 6.39. The Morgan fingerprint density at radius 2 is 2.15 bits per heavy atom. The normalized spacial score (nSPS) is 21.9. The maximum atomic E-state index is 12.4. The molecule has 0 bridgehead atoms. The van der Waals surface area contributed by atoms with E-state index in [2.05, 4.69) is 4.98 Å². The molecule has 1 atom stereocenters. The number of aromatic amines is 1. The molecule has 0 aliphatic carbocycles. The Bertz CT molecular complexity index is 609. The number of nitrogens with one attached hydrogen (secondary N) is 1. The molecule has 1 aromatic rings. The number of aliphatic carboxylic acids is 1. The van der Waals surface area contributed by atoms with Gasteiger partial charge in [0, 0.05) is 18.7 Å². The Morgan fingerprint density at radius 3 is 2.70 bits per heavy atom. The molecular weight excluding hydrogens is 264 g/mol. The molecule has 7 heteroatoms. The molecule has 1 aliphatic rings. The number of carboxylic acids is 1. The third-order valence-corrected chi connectivity index (χ3v) is 3.79. The molecule has 2 rings (SSSR count). The summed E-state index contributed by atoms with van der Waals surface area (Å²) < 4.78 is 0. The Hall–Kier alpha value is -2.31. The zero-order chi connectivity index (χ0) is 14.9. The van der Waals surface area contributed by atoms with Gasteiger partial charge in [-0.1, -0.05) is 6.92 Å². The maximum absolute atomic E-state index is 12.4. The lowest BCUT2D eigenvalue weighted by molar-refractivity contribution is -0.148. The van der Waals surface area contributed by atoms with Gasteiger partial charge in [-0.3, -0.25) is 14.6 Å². The highest BCUT2D eigenvalue weighted by atomic mass is 16.4. The zero-order valence-corrected chi connectivity index (χ0v) is 11.0. The molecule has 2 heterocycles. The maximum Gasteiger partial charge on any atom is 0.329 e. The van der Waals surface area contributed by atoms with Crippen LogP contribution >= 0.6 is 0 Å². The predicted molar refractivity (Wildman–Crippen MR) is 69.7 cm³/mol. The van der Waals surface area contributed by atoms with Gasteiger partial charge in [-0.25, -0.2) is 4.79 Å². The Labute approximate surface area is 114 Å². The molecule has 7 nitrogen and oxygen atoms in total. The lowest BCUT2D eigenvalue weighted by Gasteiger charge is -2.33. The van der Waals surface area contributed by atoms with E-state index in [4.69, 9.17) is 0 Å². The molecule has 1 unspecified atom stereocenters. The second-order valence-corrected chi connectivity index (χ2v) is 4.87. The van der Waals surface area contributed by atoms with Crippen molar-refractivity contribution in [3.05, 3.63) is 28.0 Å². The number of carbonyl (C=O) groups excluding carboxylic acids is 1. The van der Waals surface area contributed by atoms with E-state index >= 15 is 0 Å². The van der Waals surface area contributed by atoms with Crippen LogP contribution in [-0.4, -0.2) is 44.1 Å². The largest absolute Gasteiger partial charge is 0.494 e. The number of aromatic nitrogens is 1. The van der Waals surface area contributed by atoms with Gasteiger partial charge in [0.2, 0.25) is 0 Å². The van der Waals surface area contributed by atoms with Crippen molar-refractivity contribution >= 4 is 11.9 Å². The fourth-order valence-corrected chi connectivity index (χ4v) is 2.72. The van der Waals surface area contributed by atoms with Crippen molar-refractivity contribution in [2.45, 2.75) is 31.7 Å². The van der Waals surface area contributed by atoms with Gasteiger partial charge >= 0.3 is 5.97 Å². The molecule has 1 fully saturated rings. The number of pyridine rings is 1. The van der Waals surface area contributed by atoms with Crippen molar-refractivity contribution in [2.24, 2.45) is 0 Å². The van der Waals surface area contributed by atoms with Gasteiger partial charge in [0.1, 0.15) is 5.54 Å². The Balaban J connectivity index is 2.42. The summed E-state index contributed by atoms with van der Waals surface area (Å²) in [5.41, 5.74) is -1.84. The van der Waals surface area contributed by atoms with Crippen LogP contribution in [0.4, 0.5) is 0 Å². The number of carbonyl (C=O) groups is 2. The average molecular weight is 280 g/mol. The molecule has 0 aromatic carbocycles. The third-order valence-electron chi connectivity index (χ3n) is 3.79. The molecule has 1 aliphatic heterocycles. The first-order valence-electron chi connectivity index (χ1n) is 6.39. The minimum Gasteiger partial charge on any atom is -0.494 e. The predicted octanol–water partition coefficient (Wildman–Crippen LogP) is 0.550. The first-order chi connectivity index (χ1) is 9.40. The van der Waals surface area contributed by atoms with E-state index in [9.17, 15) is 24.6 Å². The first kappa shape index (κ1) is 14.1. The topological polar surface area (TPSA) is 111 Å². The van der Waals surface area contributed by atoms with E-state index in [0.29, 0.717) is 25.8 Å². The van der Waals surface area contributed by atoms with Crippen molar-refractivity contribution in [1.82, 2.24) is 9.88 Å². The second-order valence-electron chi connectivity index (χ2n) is 4.87. The highest BCUT2D eigenvalue weighted by Crippen LogP contribution is 2.34. The molecule has 1 saturated heterocycles. The van der Waals surface area contributed by atoms with Gasteiger partial charge in [0.15, 0.2) is 5.88 Å². The van der Waals surface area contributed by atoms with Crippen LogP contribution in [0.5, 0.6) is 5.88 Å². The van der Waals surface area contributed by atoms with Gasteiger partial charge < -0.3 is 15.1 Å². The van der Waals surface area contributed by atoms with E-state index in [1.165, 1.54) is 4.90 Å². The van der Waals surface area contributed by atoms with Crippen LogP contribution in [0.2, 0.25) is 0 Å². The molecule has 3 N–H and O–H groups in total. The standard InChI is InChI=1S/C13H16N2O5/c1-2-13(12(19)20)4-3-5-15(13)11(18)8-6-9(16)14-10(17)7-8/h6-7H,2-5H2,1H3,(H,19,20)(H2,14,16,17). The minimum absolute atomic E-state index is 0.00720. The molecule has 0 saturated carbocycles. The number of rotatable bonds is 3. The van der Waals surface area contributed by atoms with E-state index < -0.39 is 28.9 Å². The quantitative estimate of drug-likeness (QED) is 0.748. The number of carboxylic acid groups (broad SMARTS) is 1. The molecule has 108 valence electrons. The number of aromatic hydroxyl groups is 1. The van der Waals surface area contributed by atoms with Crippen molar-refractivity contribution in [2.75, 3.05) is 6.54 Å². The fraction of sp³-hybridized carbons (Fsp3) is 0.462. The minimum atomic E-state index is -1.23. The summed E-state index contributed by atoms with van der Waals surface area (Å²) in [4.78, 5) is 38.7. The van der Waals surface area contributed by atoms with Crippen LogP contribution in [0.25, 0.3) is 0 Å². The smallest absolute Gasteiger partial charge is 0.329 e. The van der Waals surface area contributed by atoms with E-state index in [1.807, 2.05) is 0 Å². The molecule has 1 amide bonds. The van der Waals surface area contributed by atoms with Gasteiger partial charge in [0.25, 0.3) is 11.5 Å². The van der Waals surface area contributed by atoms with Crippen molar-refractivity contribution < 1.29 is 19.8 Å². The van der Waals surface area contributed by atoms with Crippen LogP contribution < -0.4 is 5.56 Å². The number of hydrogen-bond acceptors (Lipinski definition) is 4. The van der Waals surface area contributed by atoms with Crippen LogP contribution in [0.1, 0.15) is 36.5 Å². The fourth-order valence-electron chi connectivity index (χ4n) is 2.72. The van der Waals surface area contributed by atoms with Crippen LogP contribution in [0, 0.1) is 0 Å². The van der Waals surface area contributed by atoms with Gasteiger partial charge in [-0.15, -0.1) is 0 Å². The summed E-state index contributed by atoms with van der Waals surface area (Å²) >= 11 is 0. The van der Waals surface area contributed by atoms with E-state index in [1.54, 1.807) is 6.92 Å². The van der Waals surface area contributed by atoms with Crippen molar-refractivity contribution in [3.63, 3.8) is 0 Å². The summed E-state index contributed by atoms with van der Waals surface area (Å²) in [5.74, 6) is -2.01. The summed E-state index contributed by atoms with van der Waals surface area (Å²) in [6, 6.07) is 2.19. The highest BCUT2D eigenvalue weighted by molar-refractivity contribution is 5.98. The lowest BCUT2D eigenvalue weighted by Crippen LogP contribution is -2.52. The number of likely N-dealkylation sites (tertiary alicyclic amines) is 1. The lowest BCUT2D eigenvalue weighted by atomic mass is 9.92. The number of H-pyrrole nitrogens is 1. The molecular formula is C13H16N2O5. The number of amides is 1. The zero-order valence-electron chi connectivity index (χ0n) is 11.0. The molecule has 20 heavy (non-hydrogen) atoms. The van der Waals surface area contributed by atoms with E-state index in [0.717, 1.165) is 12.1 Å². The van der Waals surface area contributed by atoms with Crippen LogP contribution in [0.3, 0.4) is 0 Å². The van der Waals surface area contributed by atoms with Crippen molar-refractivity contribution in [3.8, 4) is 5.88 Å². The Kier molecular flexibility index (Phi) is 3.52. The monoisotopic (exact) mass is 280 g/mol. The van der Waals surface area contributed by atoms with E-state index in [-0.39, 0.29) is 5.56 Å². The number of nitrogens with zero attached hydrogens (tertiary/aromatic N) is 1. The van der Waals surface area contributed by atoms with Crippen LogP contribution in [-0.2, 0) is 4.79 Å². The second kappa shape index (κ2) is 4.99. The SMILES string of the molecule is CCC1(C(=O)O)CCCN1C(=O)c1cc(O)[nH]c(=O)c1. The van der Waals surface area contributed by atoms with Crippen LogP contribution in [0.15, 0.2) is 16.9 Å². The average Bonchev–Trinajstić information content (AvgIpc) is 2.81. The summed E-state index contributed by atoms with van der Waals surface area (Å²) in [5, 5.41) is 18.8. The number of hydrogen-bond donors (Lipinski definition) is 3. The van der Waals surface area contributed by atoms with Gasteiger partial charge in [0.05, 0.1) is 5.56 Å². The third kappa shape index (κ3) is 2.15. The van der Waals surface area contributed by atoms with Crippen molar-refractivity contribution in [1.29, 1.82) is 0 Å². The highest BCUT2D eigenvalue weighted by Gasteiger charge is 2.48. The van der Waals surface area contributed by atoms with Gasteiger partial charge in [-0.05, 0) is 19.3 Å². The summed E-state index contributed by atoms with van der Waals surface area (Å²) in [6.45, 7) is 2.04. The molecule has 0 radical (unpaired) electrons. The molecule has 0 spiro atoms. The summed E-state index contributed by atoms with van der Waals surface area (Å²) in [7, 11) is 0. The summed E-state index contributed by atoms with van der Waals surface area (Å²) in [6.07, 6.45) is 1.28.